The number of phenolic OH excluding ortho intramolecular Hbond substituents is 1. The molecular formula is C22H26N2O6. The number of phenols is 1. The number of hydrogen-bond donors (Lipinski definition) is 3. The quantitative estimate of drug-likeness (QED) is 0.523. The number of benzene rings is 2. The lowest BCUT2D eigenvalue weighted by Crippen LogP contribution is -2.56. The fraction of sp³-hybridized carbons (Fsp3) is 0.318. The molecule has 5 N–H and O–H groups in total. The number of carbonyl (C=O) groups excluding carboxylic acids is 3. The van der Waals surface area contributed by atoms with E-state index in [0.29, 0.717) is 5.56 Å². The van der Waals surface area contributed by atoms with Crippen LogP contribution in [-0.4, -0.2) is 41.5 Å². The van der Waals surface area contributed by atoms with Crippen LogP contribution in [0.2, 0.25) is 0 Å². The van der Waals surface area contributed by atoms with Crippen LogP contribution in [0.4, 0.5) is 0 Å². The second-order valence-electron chi connectivity index (χ2n) is 7.16. The first-order valence-electron chi connectivity index (χ1n) is 9.32. The molecule has 0 aliphatic heterocycles. The van der Waals surface area contributed by atoms with Gasteiger partial charge in [-0.3, -0.25) is 14.4 Å². The Morgan fingerprint density at radius 2 is 1.67 bits per heavy atom. The SMILES string of the molecule is COC(=O)[C@@](C)(N)C(C(=O)[C@@H](N)CC(=O)OCc1ccccc1)c1ccc(O)cc1. The van der Waals surface area contributed by atoms with Crippen LogP contribution in [0.5, 0.6) is 5.75 Å². The molecule has 1 unspecified atom stereocenters. The second-order valence-corrected chi connectivity index (χ2v) is 7.16. The number of methoxy groups -OCH3 is 1. The Labute approximate surface area is 174 Å². The topological polar surface area (TPSA) is 142 Å². The van der Waals surface area contributed by atoms with Crippen LogP contribution < -0.4 is 11.5 Å². The molecule has 0 heterocycles. The van der Waals surface area contributed by atoms with Gasteiger partial charge in [-0.05, 0) is 30.2 Å². The number of rotatable bonds is 9. The predicted octanol–water partition coefficient (Wildman–Crippen LogP) is 1.40. The molecule has 8 nitrogen and oxygen atoms in total. The summed E-state index contributed by atoms with van der Waals surface area (Å²) in [6, 6.07) is 13.5. The zero-order valence-electron chi connectivity index (χ0n) is 16.9. The predicted molar refractivity (Wildman–Crippen MR) is 109 cm³/mol. The summed E-state index contributed by atoms with van der Waals surface area (Å²) in [4.78, 5) is 37.5. The number of nitrogens with two attached hydrogens (primary N) is 2. The zero-order chi connectivity index (χ0) is 22.3. The minimum absolute atomic E-state index is 0.0180. The van der Waals surface area contributed by atoms with E-state index in [2.05, 4.69) is 0 Å². The maximum atomic E-state index is 13.1. The molecule has 0 saturated carbocycles. The van der Waals surface area contributed by atoms with Gasteiger partial charge in [-0.25, -0.2) is 0 Å². The van der Waals surface area contributed by atoms with Gasteiger partial charge in [-0.1, -0.05) is 42.5 Å². The van der Waals surface area contributed by atoms with Crippen LogP contribution in [0.25, 0.3) is 0 Å². The minimum Gasteiger partial charge on any atom is -0.508 e. The van der Waals surface area contributed by atoms with Gasteiger partial charge in [0.15, 0.2) is 5.78 Å². The van der Waals surface area contributed by atoms with Gasteiger partial charge < -0.3 is 26.0 Å². The summed E-state index contributed by atoms with van der Waals surface area (Å²) in [7, 11) is 1.16. The van der Waals surface area contributed by atoms with E-state index in [1.807, 2.05) is 18.2 Å². The van der Waals surface area contributed by atoms with E-state index in [9.17, 15) is 19.5 Å². The number of Topliss-reactive ketones (excluding diaryl/α,β-unsaturated/α-hetero) is 1. The van der Waals surface area contributed by atoms with Crippen molar-refractivity contribution in [1.82, 2.24) is 0 Å². The first kappa shape index (κ1) is 23.1. The van der Waals surface area contributed by atoms with Crippen molar-refractivity contribution in [2.45, 2.75) is 37.5 Å². The Kier molecular flexibility index (Phi) is 7.68. The second kappa shape index (κ2) is 10.00. The summed E-state index contributed by atoms with van der Waals surface area (Å²) in [5.41, 5.74) is 11.6. The average Bonchev–Trinajstić information content (AvgIpc) is 2.73. The summed E-state index contributed by atoms with van der Waals surface area (Å²) < 4.78 is 9.92. The van der Waals surface area contributed by atoms with Crippen molar-refractivity contribution < 1.29 is 29.0 Å². The molecule has 3 atom stereocenters. The Morgan fingerprint density at radius 3 is 2.23 bits per heavy atom. The molecule has 0 aliphatic rings. The molecule has 0 amide bonds. The van der Waals surface area contributed by atoms with Crippen LogP contribution in [0.1, 0.15) is 30.4 Å². The third kappa shape index (κ3) is 5.65. The van der Waals surface area contributed by atoms with Gasteiger partial charge in [0.05, 0.1) is 25.5 Å². The third-order valence-electron chi connectivity index (χ3n) is 4.73. The molecule has 30 heavy (non-hydrogen) atoms. The smallest absolute Gasteiger partial charge is 0.326 e. The average molecular weight is 414 g/mol. The molecule has 0 fully saturated rings. The largest absolute Gasteiger partial charge is 0.508 e. The molecule has 2 aromatic carbocycles. The van der Waals surface area contributed by atoms with E-state index in [0.717, 1.165) is 12.7 Å². The van der Waals surface area contributed by atoms with Crippen molar-refractivity contribution in [1.29, 1.82) is 0 Å². The molecule has 0 saturated heterocycles. The number of hydrogen-bond acceptors (Lipinski definition) is 8. The highest BCUT2D eigenvalue weighted by atomic mass is 16.5. The molecule has 0 aromatic heterocycles. The zero-order valence-corrected chi connectivity index (χ0v) is 16.9. The molecule has 0 aliphatic carbocycles. The summed E-state index contributed by atoms with van der Waals surface area (Å²) >= 11 is 0. The highest BCUT2D eigenvalue weighted by Gasteiger charge is 2.45. The van der Waals surface area contributed by atoms with Gasteiger partial charge >= 0.3 is 11.9 Å². The maximum absolute atomic E-state index is 13.1. The Bertz CT molecular complexity index is 880. The monoisotopic (exact) mass is 414 g/mol. The van der Waals surface area contributed by atoms with Crippen molar-refractivity contribution in [2.24, 2.45) is 11.5 Å². The number of aromatic hydroxyl groups is 1. The normalized spacial score (nSPS) is 14.8. The fourth-order valence-electron chi connectivity index (χ4n) is 3.10. The van der Waals surface area contributed by atoms with Crippen molar-refractivity contribution >= 4 is 17.7 Å². The molecule has 2 aromatic rings. The van der Waals surface area contributed by atoms with Crippen LogP contribution >= 0.6 is 0 Å². The van der Waals surface area contributed by atoms with E-state index >= 15 is 0 Å². The first-order chi connectivity index (χ1) is 14.2. The fourth-order valence-corrected chi connectivity index (χ4v) is 3.10. The Balaban J connectivity index is 2.16. The Hall–Kier alpha value is -3.23. The lowest BCUT2D eigenvalue weighted by atomic mass is 9.76. The van der Waals surface area contributed by atoms with Crippen molar-refractivity contribution in [3.8, 4) is 5.75 Å². The van der Waals surface area contributed by atoms with E-state index in [-0.39, 0.29) is 18.8 Å². The third-order valence-corrected chi connectivity index (χ3v) is 4.73. The van der Waals surface area contributed by atoms with Crippen molar-refractivity contribution in [2.75, 3.05) is 7.11 Å². The van der Waals surface area contributed by atoms with Crippen molar-refractivity contribution in [3.05, 3.63) is 65.7 Å². The summed E-state index contributed by atoms with van der Waals surface area (Å²) in [6.07, 6.45) is -0.377. The maximum Gasteiger partial charge on any atom is 0.326 e. The van der Waals surface area contributed by atoms with Gasteiger partial charge in [0.1, 0.15) is 17.9 Å². The Morgan fingerprint density at radius 1 is 1.07 bits per heavy atom. The highest BCUT2D eigenvalue weighted by Crippen LogP contribution is 2.31. The van der Waals surface area contributed by atoms with E-state index in [1.54, 1.807) is 12.1 Å². The molecule has 8 heteroatoms. The lowest BCUT2D eigenvalue weighted by molar-refractivity contribution is -0.150. The van der Waals surface area contributed by atoms with Gasteiger partial charge in [0, 0.05) is 0 Å². The molecule has 0 spiro atoms. The van der Waals surface area contributed by atoms with Gasteiger partial charge in [0.2, 0.25) is 0 Å². The van der Waals surface area contributed by atoms with Crippen LogP contribution in [0, 0.1) is 0 Å². The van der Waals surface area contributed by atoms with Crippen LogP contribution in [-0.2, 0) is 30.5 Å². The van der Waals surface area contributed by atoms with Gasteiger partial charge in [-0.2, -0.15) is 0 Å². The molecule has 0 radical (unpaired) electrons. The summed E-state index contributed by atoms with van der Waals surface area (Å²) in [5, 5.41) is 9.52. The van der Waals surface area contributed by atoms with Gasteiger partial charge in [0.25, 0.3) is 0 Å². The minimum atomic E-state index is -1.74. The van der Waals surface area contributed by atoms with Crippen LogP contribution in [0.15, 0.2) is 54.6 Å². The van der Waals surface area contributed by atoms with E-state index < -0.39 is 35.2 Å². The number of ether oxygens (including phenoxy) is 2. The summed E-state index contributed by atoms with van der Waals surface area (Å²) in [5.74, 6) is -3.29. The van der Waals surface area contributed by atoms with E-state index in [4.69, 9.17) is 20.9 Å². The number of ketones is 1. The molecular weight excluding hydrogens is 388 g/mol. The standard InChI is InChI=1S/C22H26N2O6/c1-22(24,21(28)29-2)19(15-8-10-16(25)11-9-15)20(27)17(23)12-18(26)30-13-14-6-4-3-5-7-14/h3-11,17,19,25H,12-13,23-24H2,1-2H3/t17-,19?,22-/m0/s1. The van der Waals surface area contributed by atoms with Gasteiger partial charge in [-0.15, -0.1) is 0 Å². The van der Waals surface area contributed by atoms with Crippen molar-refractivity contribution in [3.63, 3.8) is 0 Å². The molecule has 2 rings (SSSR count). The lowest BCUT2D eigenvalue weighted by Gasteiger charge is -2.32. The molecule has 160 valence electrons. The number of carbonyl (C=O) groups is 3. The number of esters is 2. The highest BCUT2D eigenvalue weighted by molar-refractivity contribution is 5.99. The van der Waals surface area contributed by atoms with Crippen LogP contribution in [0.3, 0.4) is 0 Å². The van der Waals surface area contributed by atoms with E-state index in [1.165, 1.54) is 31.2 Å². The molecule has 0 bridgehead atoms. The first-order valence-corrected chi connectivity index (χ1v) is 9.32. The summed E-state index contributed by atoms with van der Waals surface area (Å²) in [6.45, 7) is 1.41.